The van der Waals surface area contributed by atoms with Crippen LogP contribution in [-0.2, 0) is 10.1 Å². The van der Waals surface area contributed by atoms with Gasteiger partial charge >= 0.3 is 5.82 Å². The first-order valence-electron chi connectivity index (χ1n) is 20.9. The van der Waals surface area contributed by atoms with Crippen molar-refractivity contribution in [2.45, 2.75) is 18.0 Å². The third-order valence-electron chi connectivity index (χ3n) is 11.1. The van der Waals surface area contributed by atoms with Crippen LogP contribution in [-0.4, -0.2) is 34.1 Å². The molecule has 2 aromatic heterocycles. The molecule has 1 unspecified atom stereocenters. The number of H-pyrrole nitrogens is 1. The highest BCUT2D eigenvalue weighted by molar-refractivity contribution is 7.85. The quantitative estimate of drug-likeness (QED) is 0.143. The highest BCUT2D eigenvalue weighted by Crippen LogP contribution is 2.49. The summed E-state index contributed by atoms with van der Waals surface area (Å²) < 4.78 is 31.2. The molecule has 0 saturated heterocycles. The van der Waals surface area contributed by atoms with Gasteiger partial charge < -0.3 is 4.55 Å². The van der Waals surface area contributed by atoms with Gasteiger partial charge in [-0.05, 0) is 116 Å². The second-order valence-corrected chi connectivity index (χ2v) is 17.7. The first kappa shape index (κ1) is 42.3. The third-order valence-corrected chi connectivity index (χ3v) is 12.4. The number of benzene rings is 7. The zero-order valence-corrected chi connectivity index (χ0v) is 37.5. The molecule has 0 radical (unpaired) electrons. The summed E-state index contributed by atoms with van der Waals surface area (Å²) in [4.78, 5) is 28.0. The van der Waals surface area contributed by atoms with E-state index in [4.69, 9.17) is 38.2 Å². The lowest BCUT2D eigenvalue weighted by molar-refractivity contribution is -0.328. The Hall–Kier alpha value is -7.61. The van der Waals surface area contributed by atoms with Crippen LogP contribution in [0.25, 0.3) is 22.1 Å². The number of halogens is 2. The van der Waals surface area contributed by atoms with E-state index in [1.165, 1.54) is 12.1 Å². The van der Waals surface area contributed by atoms with Crippen molar-refractivity contribution in [3.63, 3.8) is 0 Å². The zero-order chi connectivity index (χ0) is 45.4. The fourth-order valence-corrected chi connectivity index (χ4v) is 8.85. The minimum absolute atomic E-state index is 0.178. The molecule has 66 heavy (non-hydrogen) atoms. The highest BCUT2D eigenvalue weighted by atomic mass is 35.5. The summed E-state index contributed by atoms with van der Waals surface area (Å²) in [5.74, 6) is 3.95. The highest BCUT2D eigenvalue weighted by Gasteiger charge is 2.46. The van der Waals surface area contributed by atoms with Gasteiger partial charge in [-0.15, -0.1) is 0 Å². The minimum Gasteiger partial charge on any atom is -0.744 e. The van der Waals surface area contributed by atoms with E-state index in [0.29, 0.717) is 15.9 Å². The van der Waals surface area contributed by atoms with Crippen LogP contribution in [0.3, 0.4) is 0 Å². The molecule has 0 fully saturated rings. The van der Waals surface area contributed by atoms with Crippen molar-refractivity contribution in [1.29, 1.82) is 0 Å². The number of rotatable bonds is 7. The van der Waals surface area contributed by atoms with Crippen LogP contribution in [0, 0.1) is 6.92 Å². The van der Waals surface area contributed by atoms with Crippen LogP contribution in [0.15, 0.2) is 211 Å². The molecule has 2 aliphatic rings. The lowest BCUT2D eigenvalue weighted by Crippen LogP contribution is -2.37. The maximum absolute atomic E-state index is 10.4. The fraction of sp³-hybridized carbons (Fsp3) is 0.0385. The Morgan fingerprint density at radius 3 is 1.61 bits per heavy atom. The predicted octanol–water partition coefficient (Wildman–Crippen LogP) is 12.2. The van der Waals surface area contributed by atoms with Gasteiger partial charge in [-0.1, -0.05) is 120 Å². The van der Waals surface area contributed by atoms with Crippen molar-refractivity contribution >= 4 is 101 Å². The molecule has 0 aliphatic carbocycles. The van der Waals surface area contributed by atoms with E-state index in [0.717, 1.165) is 73.7 Å². The van der Waals surface area contributed by atoms with Gasteiger partial charge in [-0.2, -0.15) is 4.90 Å². The number of aryl methyl sites for hydroxylation is 1. The summed E-state index contributed by atoms with van der Waals surface area (Å²) in [7, 11) is -4.27. The number of anilines is 8. The molecular formula is C52H38Cl2N8O3S. The number of aromatic nitrogens is 4. The Morgan fingerprint density at radius 2 is 1.05 bits per heavy atom. The summed E-state index contributed by atoms with van der Waals surface area (Å²) in [6.07, 6.45) is 6.13. The number of allylic oxidation sites excluding steroid dienone is 2. The standard InChI is InChI=1S/C45H30Cl2N8.C7H8O3S/c46-30-24-26-36-38(28-30)50-44-42(48-36)52(32-14-5-1-6-15-32)40(54(44)34-18-9-3-10-19-34)22-13-23-41-53(33-16-7-2-8-17-33)43-45(55(41)35-20-11-4-12-21-35)51-39-29-31(47)25-27-37(39)49-43;1-6-2-4-7(5-3-6)11(8,9)10/h1-29,40H;2-5H,1H3,(H,8,9,10)/b22-13+,41-23-;. The monoisotopic (exact) mass is 924 g/mol. The average Bonchev–Trinajstić information content (AvgIpc) is 3.82. The molecule has 0 bridgehead atoms. The van der Waals surface area contributed by atoms with Crippen molar-refractivity contribution in [3.8, 4) is 0 Å². The third kappa shape index (κ3) is 8.30. The molecule has 7 aromatic carbocycles. The zero-order valence-electron chi connectivity index (χ0n) is 35.1. The Balaban J connectivity index is 0.000000410. The van der Waals surface area contributed by atoms with Gasteiger partial charge in [0.25, 0.3) is 0 Å². The number of para-hydroxylation sites is 4. The fourth-order valence-electron chi connectivity index (χ4n) is 8.05. The number of nitrogens with one attached hydrogen (secondary N) is 1. The van der Waals surface area contributed by atoms with Gasteiger partial charge in [-0.3, -0.25) is 14.7 Å². The molecular weight excluding hydrogens is 888 g/mol. The first-order valence-corrected chi connectivity index (χ1v) is 23.1. The van der Waals surface area contributed by atoms with Crippen LogP contribution < -0.4 is 24.6 Å². The summed E-state index contributed by atoms with van der Waals surface area (Å²) >= 11 is 12.9. The van der Waals surface area contributed by atoms with Gasteiger partial charge in [0.15, 0.2) is 17.2 Å². The minimum atomic E-state index is -4.27. The maximum atomic E-state index is 10.4. The first-order chi connectivity index (χ1) is 32.1. The molecule has 4 heterocycles. The van der Waals surface area contributed by atoms with E-state index in [1.807, 2.05) is 104 Å². The summed E-state index contributed by atoms with van der Waals surface area (Å²) in [5, 5.41) is 1.24. The van der Waals surface area contributed by atoms with Gasteiger partial charge in [0.1, 0.15) is 27.1 Å². The van der Waals surface area contributed by atoms with Gasteiger partial charge in [0.05, 0.1) is 15.9 Å². The van der Waals surface area contributed by atoms with Crippen molar-refractivity contribution in [3.05, 3.63) is 222 Å². The SMILES string of the molecule is Cc1ccc(S(=O)(=O)[O-])cc1.Clc1ccc2nc3c(nc2c1)N(c1ccccc1)/C(=C\C=C\C1N(c2ccccc2)c2nc4cc(Cl)ccc4[nH+]c2N1c1ccccc1)N3c1ccccc1. The molecule has 0 amide bonds. The largest absolute Gasteiger partial charge is 0.744 e. The molecule has 9 aromatic rings. The van der Waals surface area contributed by atoms with Crippen LogP contribution >= 0.6 is 23.2 Å². The number of hydrogen-bond acceptors (Lipinski definition) is 10. The van der Waals surface area contributed by atoms with Crippen molar-refractivity contribution < 1.29 is 18.0 Å². The Bertz CT molecular complexity index is 3410. The van der Waals surface area contributed by atoms with Crippen LogP contribution in [0.1, 0.15) is 5.56 Å². The summed E-state index contributed by atoms with van der Waals surface area (Å²) in [6, 6.07) is 58.4. The van der Waals surface area contributed by atoms with Crippen LogP contribution in [0.5, 0.6) is 0 Å². The van der Waals surface area contributed by atoms with E-state index < -0.39 is 10.1 Å². The molecule has 324 valence electrons. The molecule has 2 aliphatic heterocycles. The molecule has 0 spiro atoms. The average molecular weight is 926 g/mol. The topological polar surface area (TPSA) is 123 Å². The van der Waals surface area contributed by atoms with E-state index in [2.05, 4.69) is 103 Å². The number of aromatic amines is 1. The van der Waals surface area contributed by atoms with E-state index in [-0.39, 0.29) is 11.1 Å². The van der Waals surface area contributed by atoms with Gasteiger partial charge in [0.2, 0.25) is 12.0 Å². The van der Waals surface area contributed by atoms with E-state index in [1.54, 1.807) is 12.1 Å². The molecule has 1 N–H and O–H groups in total. The molecule has 0 saturated carbocycles. The van der Waals surface area contributed by atoms with E-state index >= 15 is 0 Å². The lowest BCUT2D eigenvalue weighted by atomic mass is 10.2. The number of fused-ring (bicyclic) bond motifs is 4. The lowest BCUT2D eigenvalue weighted by Gasteiger charge is -2.26. The summed E-state index contributed by atoms with van der Waals surface area (Å²) in [6.45, 7) is 1.82. The van der Waals surface area contributed by atoms with Gasteiger partial charge in [0, 0.05) is 27.1 Å². The second-order valence-electron chi connectivity index (χ2n) is 15.4. The summed E-state index contributed by atoms with van der Waals surface area (Å²) in [5.41, 5.74) is 7.99. The Morgan fingerprint density at radius 1 is 0.561 bits per heavy atom. The van der Waals surface area contributed by atoms with Crippen LogP contribution in [0.4, 0.5) is 46.0 Å². The van der Waals surface area contributed by atoms with Crippen molar-refractivity contribution in [2.24, 2.45) is 0 Å². The number of nitrogens with zero attached hydrogens (tertiary/aromatic N) is 7. The molecule has 1 atom stereocenters. The Kier molecular flexibility index (Phi) is 11.4. The normalized spacial score (nSPS) is 15.1. The second kappa shape index (κ2) is 17.8. The van der Waals surface area contributed by atoms with Crippen LogP contribution in [0.2, 0.25) is 10.0 Å². The molecule has 11 rings (SSSR count). The van der Waals surface area contributed by atoms with E-state index in [9.17, 15) is 13.0 Å². The molecule has 14 heteroatoms. The maximum Gasteiger partial charge on any atom is 0.326 e. The van der Waals surface area contributed by atoms with Crippen molar-refractivity contribution in [1.82, 2.24) is 15.0 Å². The van der Waals surface area contributed by atoms with Gasteiger partial charge in [-0.25, -0.2) is 28.4 Å². The smallest absolute Gasteiger partial charge is 0.326 e. The van der Waals surface area contributed by atoms with Crippen molar-refractivity contribution in [2.75, 3.05) is 19.6 Å². The molecule has 11 nitrogen and oxygen atoms in total. The predicted molar refractivity (Wildman–Crippen MR) is 262 cm³/mol. The Labute approximate surface area is 391 Å². The number of hydrogen-bond donors (Lipinski definition) is 0.